The number of amides is 2. The first-order valence-corrected chi connectivity index (χ1v) is 10.1. The van der Waals surface area contributed by atoms with E-state index in [1.54, 1.807) is 36.0 Å². The number of nitrogens with one attached hydrogen (secondary N) is 1. The van der Waals surface area contributed by atoms with E-state index in [1.165, 1.54) is 12.8 Å². The number of thioether (sulfide) groups is 1. The van der Waals surface area contributed by atoms with Crippen LogP contribution in [-0.2, 0) is 4.79 Å². The molecule has 1 aliphatic carbocycles. The van der Waals surface area contributed by atoms with Gasteiger partial charge in [0.25, 0.3) is 5.91 Å². The van der Waals surface area contributed by atoms with E-state index >= 15 is 0 Å². The fraction of sp³-hybridized carbons (Fsp3) is 0.556. The highest BCUT2D eigenvalue weighted by atomic mass is 35.5. The molecule has 1 fully saturated rings. The highest BCUT2D eigenvalue weighted by Gasteiger charge is 2.30. The standard InChI is InChI=1S/C18H25ClN2O2S/c1-21(13-7-3-4-8-13)18(23)16(11-12-24-2)20-17(22)14-9-5-6-10-15(14)19/h5-6,9-10,13,16H,3-4,7-8,11-12H2,1-2H3,(H,20,22). The zero-order valence-corrected chi connectivity index (χ0v) is 15.8. The lowest BCUT2D eigenvalue weighted by Crippen LogP contribution is -2.50. The molecule has 4 nitrogen and oxygen atoms in total. The lowest BCUT2D eigenvalue weighted by Gasteiger charge is -2.29. The summed E-state index contributed by atoms with van der Waals surface area (Å²) >= 11 is 7.76. The van der Waals surface area contributed by atoms with Crippen LogP contribution in [0, 0.1) is 0 Å². The molecule has 0 aliphatic heterocycles. The predicted octanol–water partition coefficient (Wildman–Crippen LogP) is 3.59. The minimum atomic E-state index is -0.508. The van der Waals surface area contributed by atoms with E-state index in [0.29, 0.717) is 23.0 Å². The van der Waals surface area contributed by atoms with Crippen LogP contribution >= 0.6 is 23.4 Å². The Balaban J connectivity index is 2.08. The summed E-state index contributed by atoms with van der Waals surface area (Å²) in [6, 6.07) is 6.69. The van der Waals surface area contributed by atoms with Crippen LogP contribution in [0.2, 0.25) is 5.02 Å². The molecule has 1 aromatic carbocycles. The first kappa shape index (κ1) is 19.1. The maximum atomic E-state index is 12.9. The van der Waals surface area contributed by atoms with Crippen molar-refractivity contribution in [2.45, 2.75) is 44.2 Å². The van der Waals surface area contributed by atoms with Crippen LogP contribution in [0.4, 0.5) is 0 Å². The number of carbonyl (C=O) groups is 2. The van der Waals surface area contributed by atoms with Gasteiger partial charge in [-0.1, -0.05) is 36.6 Å². The molecule has 1 unspecified atom stereocenters. The molecule has 6 heteroatoms. The van der Waals surface area contributed by atoms with Gasteiger partial charge in [0.1, 0.15) is 6.04 Å². The van der Waals surface area contributed by atoms with Crippen LogP contribution in [-0.4, -0.2) is 47.9 Å². The predicted molar refractivity (Wildman–Crippen MR) is 101 cm³/mol. The van der Waals surface area contributed by atoms with Crippen molar-refractivity contribution in [3.8, 4) is 0 Å². The van der Waals surface area contributed by atoms with E-state index in [4.69, 9.17) is 11.6 Å². The van der Waals surface area contributed by atoms with Gasteiger partial charge in [-0.05, 0) is 43.4 Å². The molecule has 0 bridgehead atoms. The largest absolute Gasteiger partial charge is 0.341 e. The minimum absolute atomic E-state index is 0.00338. The Morgan fingerprint density at radius 1 is 1.33 bits per heavy atom. The number of benzene rings is 1. The first-order valence-electron chi connectivity index (χ1n) is 8.35. The number of likely N-dealkylation sites (N-methyl/N-ethyl adjacent to an activating group) is 1. The third-order valence-corrected chi connectivity index (χ3v) is 5.53. The minimum Gasteiger partial charge on any atom is -0.341 e. The summed E-state index contributed by atoms with van der Waals surface area (Å²) < 4.78 is 0. The molecule has 1 aromatic rings. The Morgan fingerprint density at radius 3 is 2.62 bits per heavy atom. The number of hydrogen-bond acceptors (Lipinski definition) is 3. The third-order valence-electron chi connectivity index (χ3n) is 4.55. The van der Waals surface area contributed by atoms with Gasteiger partial charge in [-0.25, -0.2) is 0 Å². The molecule has 24 heavy (non-hydrogen) atoms. The lowest BCUT2D eigenvalue weighted by atomic mass is 10.1. The molecule has 1 saturated carbocycles. The Bertz CT molecular complexity index is 576. The number of carbonyl (C=O) groups excluding carboxylic acids is 2. The maximum Gasteiger partial charge on any atom is 0.253 e. The van der Waals surface area contributed by atoms with Crippen molar-refractivity contribution in [2.75, 3.05) is 19.1 Å². The van der Waals surface area contributed by atoms with E-state index in [2.05, 4.69) is 5.32 Å². The number of hydrogen-bond donors (Lipinski definition) is 1. The van der Waals surface area contributed by atoms with Gasteiger partial charge in [-0.3, -0.25) is 9.59 Å². The Labute approximate surface area is 153 Å². The average Bonchev–Trinajstić information content (AvgIpc) is 3.12. The summed E-state index contributed by atoms with van der Waals surface area (Å²) in [5.74, 6) is 0.522. The summed E-state index contributed by atoms with van der Waals surface area (Å²) in [4.78, 5) is 27.2. The van der Waals surface area contributed by atoms with Gasteiger partial charge in [0.2, 0.25) is 5.91 Å². The van der Waals surface area contributed by atoms with Crippen molar-refractivity contribution in [2.24, 2.45) is 0 Å². The van der Waals surface area contributed by atoms with Gasteiger partial charge in [-0.2, -0.15) is 11.8 Å². The fourth-order valence-electron chi connectivity index (χ4n) is 3.09. The molecular formula is C18H25ClN2O2S. The molecule has 132 valence electrons. The summed E-state index contributed by atoms with van der Waals surface area (Å²) in [7, 11) is 1.85. The molecule has 0 heterocycles. The van der Waals surface area contributed by atoms with Crippen LogP contribution in [0.15, 0.2) is 24.3 Å². The van der Waals surface area contributed by atoms with E-state index < -0.39 is 6.04 Å². The van der Waals surface area contributed by atoms with Gasteiger partial charge in [-0.15, -0.1) is 0 Å². The number of nitrogens with zero attached hydrogens (tertiary/aromatic N) is 1. The molecular weight excluding hydrogens is 344 g/mol. The maximum absolute atomic E-state index is 12.9. The van der Waals surface area contributed by atoms with Crippen LogP contribution in [0.25, 0.3) is 0 Å². The second kappa shape index (κ2) is 9.33. The lowest BCUT2D eigenvalue weighted by molar-refractivity contribution is -0.134. The molecule has 1 atom stereocenters. The van der Waals surface area contributed by atoms with Gasteiger partial charge in [0.15, 0.2) is 0 Å². The summed E-state index contributed by atoms with van der Waals surface area (Å²) in [5.41, 5.74) is 0.407. The molecule has 0 radical (unpaired) electrons. The topological polar surface area (TPSA) is 49.4 Å². The monoisotopic (exact) mass is 368 g/mol. The zero-order chi connectivity index (χ0) is 17.5. The summed E-state index contributed by atoms with van der Waals surface area (Å²) in [5, 5.41) is 3.28. The van der Waals surface area contributed by atoms with Crippen molar-refractivity contribution in [3.63, 3.8) is 0 Å². The molecule has 1 aliphatic rings. The van der Waals surface area contributed by atoms with Crippen molar-refractivity contribution in [1.29, 1.82) is 0 Å². The molecule has 0 aromatic heterocycles. The highest BCUT2D eigenvalue weighted by molar-refractivity contribution is 7.98. The van der Waals surface area contributed by atoms with Crippen LogP contribution in [0.3, 0.4) is 0 Å². The zero-order valence-electron chi connectivity index (χ0n) is 14.3. The van der Waals surface area contributed by atoms with Crippen LogP contribution in [0.1, 0.15) is 42.5 Å². The van der Waals surface area contributed by atoms with Crippen molar-refractivity contribution in [3.05, 3.63) is 34.9 Å². The van der Waals surface area contributed by atoms with Crippen LogP contribution in [0.5, 0.6) is 0 Å². The quantitative estimate of drug-likeness (QED) is 0.800. The molecule has 1 N–H and O–H groups in total. The number of halogens is 1. The Hall–Kier alpha value is -1.20. The first-order chi connectivity index (χ1) is 11.5. The molecule has 2 amide bonds. The summed E-state index contributed by atoms with van der Waals surface area (Å²) in [6.07, 6.45) is 7.06. The SMILES string of the molecule is CSCCC(NC(=O)c1ccccc1Cl)C(=O)N(C)C1CCCC1. The van der Waals surface area contributed by atoms with Crippen molar-refractivity contribution < 1.29 is 9.59 Å². The second-order valence-corrected chi connectivity index (χ2v) is 7.57. The fourth-order valence-corrected chi connectivity index (χ4v) is 3.78. The van der Waals surface area contributed by atoms with E-state index in [-0.39, 0.29) is 11.8 Å². The van der Waals surface area contributed by atoms with Gasteiger partial charge < -0.3 is 10.2 Å². The second-order valence-electron chi connectivity index (χ2n) is 6.17. The molecule has 2 rings (SSSR count). The van der Waals surface area contributed by atoms with Crippen molar-refractivity contribution in [1.82, 2.24) is 10.2 Å². The van der Waals surface area contributed by atoms with Crippen LogP contribution < -0.4 is 5.32 Å². The normalized spacial score (nSPS) is 16.0. The molecule has 0 spiro atoms. The highest BCUT2D eigenvalue weighted by Crippen LogP contribution is 2.23. The average molecular weight is 369 g/mol. The van der Waals surface area contributed by atoms with Gasteiger partial charge in [0, 0.05) is 13.1 Å². The van der Waals surface area contributed by atoms with Crippen molar-refractivity contribution >= 4 is 35.2 Å². The number of rotatable bonds is 7. The van der Waals surface area contributed by atoms with E-state index in [0.717, 1.165) is 18.6 Å². The Kier molecular flexibility index (Phi) is 7.43. The van der Waals surface area contributed by atoms with E-state index in [9.17, 15) is 9.59 Å². The van der Waals surface area contributed by atoms with E-state index in [1.807, 2.05) is 18.2 Å². The van der Waals surface area contributed by atoms with Gasteiger partial charge >= 0.3 is 0 Å². The van der Waals surface area contributed by atoms with Gasteiger partial charge in [0.05, 0.1) is 10.6 Å². The molecule has 0 saturated heterocycles. The smallest absolute Gasteiger partial charge is 0.253 e. The summed E-state index contributed by atoms with van der Waals surface area (Å²) in [6.45, 7) is 0. The Morgan fingerprint density at radius 2 is 2.00 bits per heavy atom. The third kappa shape index (κ3) is 4.90.